The van der Waals surface area contributed by atoms with Crippen LogP contribution in [-0.4, -0.2) is 24.5 Å². The predicted molar refractivity (Wildman–Crippen MR) is 42.9 cm³/mol. The molecule has 2 fully saturated rings. The Morgan fingerprint density at radius 3 is 2.40 bits per heavy atom. The Balaban J connectivity index is 1.60. The highest BCUT2D eigenvalue weighted by atomic mass is 15.2. The van der Waals surface area contributed by atoms with Crippen molar-refractivity contribution < 1.29 is 0 Å². The average molecular weight is 139 g/mol. The molecule has 0 bridgehead atoms. The lowest BCUT2D eigenvalue weighted by Crippen LogP contribution is -2.47. The van der Waals surface area contributed by atoms with Gasteiger partial charge in [-0.2, -0.15) is 0 Å². The molecule has 1 heterocycles. The van der Waals surface area contributed by atoms with Crippen LogP contribution in [0.4, 0.5) is 0 Å². The third kappa shape index (κ3) is 1.34. The molecule has 0 aromatic rings. The molecule has 2 aliphatic rings. The lowest BCUT2D eigenvalue weighted by Gasteiger charge is -2.38. The van der Waals surface area contributed by atoms with Gasteiger partial charge in [-0.3, -0.25) is 0 Å². The third-order valence-corrected chi connectivity index (χ3v) is 2.82. The second-order valence-corrected chi connectivity index (χ2v) is 3.94. The van der Waals surface area contributed by atoms with Crippen LogP contribution in [-0.2, 0) is 0 Å². The van der Waals surface area contributed by atoms with E-state index in [1.165, 1.54) is 38.9 Å². The molecular formula is C9H17N. The van der Waals surface area contributed by atoms with Crippen molar-refractivity contribution in [1.29, 1.82) is 0 Å². The molecule has 0 atom stereocenters. The molecule has 0 spiro atoms. The van der Waals surface area contributed by atoms with E-state index in [1.807, 2.05) is 0 Å². The number of nitrogens with zero attached hydrogens (tertiary/aromatic N) is 1. The molecule has 10 heavy (non-hydrogen) atoms. The van der Waals surface area contributed by atoms with Gasteiger partial charge in [-0.05, 0) is 24.7 Å². The first-order valence-electron chi connectivity index (χ1n) is 4.61. The maximum absolute atomic E-state index is 2.62. The Hall–Kier alpha value is -0.0400. The molecule has 0 N–H and O–H groups in total. The lowest BCUT2D eigenvalue weighted by molar-refractivity contribution is 0.0926. The summed E-state index contributed by atoms with van der Waals surface area (Å²) < 4.78 is 0. The van der Waals surface area contributed by atoms with Crippen LogP contribution in [0, 0.1) is 11.8 Å². The van der Waals surface area contributed by atoms with Gasteiger partial charge in [-0.25, -0.2) is 0 Å². The van der Waals surface area contributed by atoms with Crippen molar-refractivity contribution in [3.8, 4) is 0 Å². The van der Waals surface area contributed by atoms with E-state index >= 15 is 0 Å². The van der Waals surface area contributed by atoms with Gasteiger partial charge < -0.3 is 4.90 Å². The van der Waals surface area contributed by atoms with Crippen LogP contribution < -0.4 is 0 Å². The van der Waals surface area contributed by atoms with Crippen LogP contribution in [0.5, 0.6) is 0 Å². The molecule has 1 nitrogen and oxygen atoms in total. The Morgan fingerprint density at radius 2 is 1.90 bits per heavy atom. The summed E-state index contributed by atoms with van der Waals surface area (Å²) >= 11 is 0. The van der Waals surface area contributed by atoms with Crippen molar-refractivity contribution in [2.45, 2.75) is 26.2 Å². The number of hydrogen-bond acceptors (Lipinski definition) is 1. The van der Waals surface area contributed by atoms with Gasteiger partial charge >= 0.3 is 0 Å². The molecule has 0 amide bonds. The van der Waals surface area contributed by atoms with Gasteiger partial charge in [0.25, 0.3) is 0 Å². The maximum atomic E-state index is 2.62. The van der Waals surface area contributed by atoms with Crippen LogP contribution in [0.2, 0.25) is 0 Å². The summed E-state index contributed by atoms with van der Waals surface area (Å²) in [4.78, 5) is 2.62. The number of likely N-dealkylation sites (tertiary alicyclic amines) is 1. The van der Waals surface area contributed by atoms with E-state index in [1.54, 1.807) is 0 Å². The highest BCUT2D eigenvalue weighted by Crippen LogP contribution is 2.32. The van der Waals surface area contributed by atoms with Crippen LogP contribution in [0.3, 0.4) is 0 Å². The molecule has 58 valence electrons. The van der Waals surface area contributed by atoms with Gasteiger partial charge in [0.05, 0.1) is 0 Å². The Labute approximate surface area is 63.4 Å². The van der Waals surface area contributed by atoms with Crippen LogP contribution in [0.25, 0.3) is 0 Å². The lowest BCUT2D eigenvalue weighted by atomic mass is 9.97. The Kier molecular flexibility index (Phi) is 1.69. The first-order valence-corrected chi connectivity index (χ1v) is 4.61. The van der Waals surface area contributed by atoms with E-state index in [-0.39, 0.29) is 0 Å². The summed E-state index contributed by atoms with van der Waals surface area (Å²) in [6.45, 7) is 6.51. The molecule has 1 heteroatoms. The zero-order valence-corrected chi connectivity index (χ0v) is 6.84. The Bertz CT molecular complexity index is 112. The monoisotopic (exact) mass is 139 g/mol. The van der Waals surface area contributed by atoms with Crippen LogP contribution >= 0.6 is 0 Å². The molecule has 2 rings (SSSR count). The van der Waals surface area contributed by atoms with E-state index in [4.69, 9.17) is 0 Å². The quantitative estimate of drug-likeness (QED) is 0.575. The van der Waals surface area contributed by atoms with Crippen molar-refractivity contribution >= 4 is 0 Å². The highest BCUT2D eigenvalue weighted by molar-refractivity contribution is 4.84. The molecule has 0 unspecified atom stereocenters. The highest BCUT2D eigenvalue weighted by Gasteiger charge is 2.30. The standard InChI is InChI=1S/C9H17N/c1-2-8-5-10(6-8)7-9-3-4-9/h8-9H,2-7H2,1H3. The SMILES string of the molecule is CCC1CN(CC2CC2)C1. The summed E-state index contributed by atoms with van der Waals surface area (Å²) in [5, 5.41) is 0. The van der Waals surface area contributed by atoms with E-state index < -0.39 is 0 Å². The second-order valence-electron chi connectivity index (χ2n) is 3.94. The molecule has 1 saturated carbocycles. The molecule has 0 radical (unpaired) electrons. The summed E-state index contributed by atoms with van der Waals surface area (Å²) in [6, 6.07) is 0. The zero-order chi connectivity index (χ0) is 6.97. The fourth-order valence-electron chi connectivity index (χ4n) is 1.75. The van der Waals surface area contributed by atoms with Crippen LogP contribution in [0.15, 0.2) is 0 Å². The topological polar surface area (TPSA) is 3.24 Å². The van der Waals surface area contributed by atoms with Crippen molar-refractivity contribution in [1.82, 2.24) is 4.90 Å². The number of rotatable bonds is 3. The van der Waals surface area contributed by atoms with Crippen molar-refractivity contribution in [2.75, 3.05) is 19.6 Å². The van der Waals surface area contributed by atoms with E-state index in [0.717, 1.165) is 11.8 Å². The summed E-state index contributed by atoms with van der Waals surface area (Å²) in [5.74, 6) is 2.14. The minimum Gasteiger partial charge on any atom is -0.302 e. The molecule has 1 aliphatic carbocycles. The van der Waals surface area contributed by atoms with Gasteiger partial charge in [-0.15, -0.1) is 0 Å². The van der Waals surface area contributed by atoms with E-state index in [0.29, 0.717) is 0 Å². The molecule has 0 aromatic heterocycles. The molecular weight excluding hydrogens is 122 g/mol. The summed E-state index contributed by atoms with van der Waals surface area (Å²) in [5.41, 5.74) is 0. The molecule has 1 saturated heterocycles. The average Bonchev–Trinajstić information content (AvgIpc) is 2.60. The van der Waals surface area contributed by atoms with Gasteiger partial charge in [0, 0.05) is 19.6 Å². The van der Waals surface area contributed by atoms with Crippen molar-refractivity contribution in [2.24, 2.45) is 11.8 Å². The number of hydrogen-bond donors (Lipinski definition) is 0. The first kappa shape index (κ1) is 6.66. The Morgan fingerprint density at radius 1 is 1.20 bits per heavy atom. The van der Waals surface area contributed by atoms with Gasteiger partial charge in [-0.1, -0.05) is 13.3 Å². The van der Waals surface area contributed by atoms with Crippen LogP contribution in [0.1, 0.15) is 26.2 Å². The van der Waals surface area contributed by atoms with Gasteiger partial charge in [0.15, 0.2) is 0 Å². The molecule has 0 aromatic carbocycles. The summed E-state index contributed by atoms with van der Waals surface area (Å²) in [7, 11) is 0. The molecule has 1 aliphatic heterocycles. The first-order chi connectivity index (χ1) is 4.88. The fraction of sp³-hybridized carbons (Fsp3) is 1.00. The normalized spacial score (nSPS) is 28.5. The summed E-state index contributed by atoms with van der Waals surface area (Å²) in [6.07, 6.45) is 4.40. The maximum Gasteiger partial charge on any atom is 0.00220 e. The largest absolute Gasteiger partial charge is 0.302 e. The fourth-order valence-corrected chi connectivity index (χ4v) is 1.75. The minimum absolute atomic E-state index is 1.04. The smallest absolute Gasteiger partial charge is 0.00220 e. The third-order valence-electron chi connectivity index (χ3n) is 2.82. The van der Waals surface area contributed by atoms with E-state index in [2.05, 4.69) is 11.8 Å². The van der Waals surface area contributed by atoms with Gasteiger partial charge in [0.2, 0.25) is 0 Å². The van der Waals surface area contributed by atoms with E-state index in [9.17, 15) is 0 Å². The second kappa shape index (κ2) is 2.54. The van der Waals surface area contributed by atoms with Crippen molar-refractivity contribution in [3.05, 3.63) is 0 Å². The minimum atomic E-state index is 1.04. The zero-order valence-electron chi connectivity index (χ0n) is 6.84. The predicted octanol–water partition coefficient (Wildman–Crippen LogP) is 1.74. The van der Waals surface area contributed by atoms with Gasteiger partial charge in [0.1, 0.15) is 0 Å². The van der Waals surface area contributed by atoms with Crippen molar-refractivity contribution in [3.63, 3.8) is 0 Å².